The molecule has 6 rings (SSSR count). The summed E-state index contributed by atoms with van der Waals surface area (Å²) < 4.78 is 8.56. The Kier molecular flexibility index (Phi) is 6.17. The first-order chi connectivity index (χ1) is 18.9. The Morgan fingerprint density at radius 1 is 1.13 bits per heavy atom. The van der Waals surface area contributed by atoms with Gasteiger partial charge in [0.15, 0.2) is 6.29 Å². The molecule has 39 heavy (non-hydrogen) atoms. The van der Waals surface area contributed by atoms with Crippen molar-refractivity contribution < 1.29 is 14.3 Å². The van der Waals surface area contributed by atoms with Gasteiger partial charge in [0.25, 0.3) is 5.91 Å². The van der Waals surface area contributed by atoms with E-state index in [0.717, 1.165) is 54.4 Å². The van der Waals surface area contributed by atoms with Crippen LogP contribution in [-0.2, 0) is 7.05 Å². The monoisotopic (exact) mass is 552 g/mol. The largest absolute Gasteiger partial charge is 0.495 e. The molecule has 0 bridgehead atoms. The number of aryl methyl sites for hydroxylation is 2. The van der Waals surface area contributed by atoms with Crippen LogP contribution >= 0.6 is 22.7 Å². The fraction of sp³-hybridized carbons (Fsp3) is 0.100. The molecule has 7 nitrogen and oxygen atoms in total. The van der Waals surface area contributed by atoms with Crippen LogP contribution in [0.3, 0.4) is 0 Å². The van der Waals surface area contributed by atoms with Crippen LogP contribution in [0, 0.1) is 6.92 Å². The molecule has 6 aromatic rings. The van der Waals surface area contributed by atoms with Crippen LogP contribution in [0.4, 0.5) is 11.5 Å². The van der Waals surface area contributed by atoms with Crippen LogP contribution in [0.2, 0.25) is 0 Å². The zero-order chi connectivity index (χ0) is 27.3. The summed E-state index contributed by atoms with van der Waals surface area (Å²) in [6.07, 6.45) is 2.65. The Morgan fingerprint density at radius 2 is 1.95 bits per heavy atom. The van der Waals surface area contributed by atoms with E-state index in [4.69, 9.17) is 10.5 Å². The number of anilines is 2. The van der Waals surface area contributed by atoms with E-state index in [1.165, 1.54) is 11.3 Å². The number of thiophene rings is 2. The second kappa shape index (κ2) is 9.68. The normalized spacial score (nSPS) is 11.3. The Morgan fingerprint density at radius 3 is 2.69 bits per heavy atom. The van der Waals surface area contributed by atoms with Crippen molar-refractivity contribution in [1.82, 2.24) is 9.55 Å². The lowest BCUT2D eigenvalue weighted by molar-refractivity contribution is 0.101. The van der Waals surface area contributed by atoms with Gasteiger partial charge in [0.1, 0.15) is 17.3 Å². The topological polar surface area (TPSA) is 99.2 Å². The number of carbonyl (C=O) groups is 2. The van der Waals surface area contributed by atoms with Crippen molar-refractivity contribution in [1.29, 1.82) is 0 Å². The maximum Gasteiger partial charge on any atom is 0.272 e. The quantitative estimate of drug-likeness (QED) is 0.214. The van der Waals surface area contributed by atoms with Crippen molar-refractivity contribution >= 4 is 67.4 Å². The highest BCUT2D eigenvalue weighted by atomic mass is 32.1. The SMILES string of the molecule is COc1cc(-c2csc3c(-c4cc(C)c(C=O)s4)cnc(N)c23)ccc1NC(=O)c1cc2ccccc2n1C. The molecule has 0 aliphatic rings. The van der Waals surface area contributed by atoms with Crippen molar-refractivity contribution in [2.45, 2.75) is 6.92 Å². The highest BCUT2D eigenvalue weighted by molar-refractivity contribution is 7.20. The Labute approximate surface area is 232 Å². The summed E-state index contributed by atoms with van der Waals surface area (Å²) in [4.78, 5) is 30.8. The number of hydrogen-bond donors (Lipinski definition) is 2. The van der Waals surface area contributed by atoms with Crippen LogP contribution in [0.1, 0.15) is 25.7 Å². The van der Waals surface area contributed by atoms with E-state index in [1.54, 1.807) is 24.6 Å². The molecule has 1 amide bonds. The molecule has 0 aliphatic heterocycles. The predicted octanol–water partition coefficient (Wildman–Crippen LogP) is 7.15. The number of nitrogen functional groups attached to an aromatic ring is 1. The van der Waals surface area contributed by atoms with Crippen molar-refractivity contribution in [2.75, 3.05) is 18.2 Å². The van der Waals surface area contributed by atoms with Gasteiger partial charge in [-0.15, -0.1) is 22.7 Å². The molecule has 0 fully saturated rings. The molecule has 4 aromatic heterocycles. The summed E-state index contributed by atoms with van der Waals surface area (Å²) in [6.45, 7) is 1.93. The number of nitrogens with zero attached hydrogens (tertiary/aromatic N) is 2. The first kappa shape index (κ1) is 24.8. The fourth-order valence-corrected chi connectivity index (χ4v) is 7.04. The van der Waals surface area contributed by atoms with Gasteiger partial charge in [0, 0.05) is 50.2 Å². The Bertz CT molecular complexity index is 1910. The number of amides is 1. The van der Waals surface area contributed by atoms with Gasteiger partial charge in [0.2, 0.25) is 0 Å². The van der Waals surface area contributed by atoms with E-state index in [-0.39, 0.29) is 5.91 Å². The smallest absolute Gasteiger partial charge is 0.272 e. The van der Waals surface area contributed by atoms with Gasteiger partial charge in [-0.05, 0) is 53.8 Å². The van der Waals surface area contributed by atoms with E-state index in [0.29, 0.717) is 27.8 Å². The number of para-hydroxylation sites is 1. The maximum atomic E-state index is 13.2. The molecular weight excluding hydrogens is 528 g/mol. The lowest BCUT2D eigenvalue weighted by Crippen LogP contribution is -2.16. The predicted molar refractivity (Wildman–Crippen MR) is 160 cm³/mol. The maximum absolute atomic E-state index is 13.2. The van der Waals surface area contributed by atoms with Gasteiger partial charge in [-0.2, -0.15) is 0 Å². The van der Waals surface area contributed by atoms with Gasteiger partial charge in [-0.3, -0.25) is 9.59 Å². The lowest BCUT2D eigenvalue weighted by Gasteiger charge is -2.13. The van der Waals surface area contributed by atoms with Gasteiger partial charge < -0.3 is 20.4 Å². The summed E-state index contributed by atoms with van der Waals surface area (Å²) in [5, 5.41) is 6.90. The van der Waals surface area contributed by atoms with Gasteiger partial charge in [-0.1, -0.05) is 24.3 Å². The van der Waals surface area contributed by atoms with Crippen molar-refractivity contribution in [3.8, 4) is 27.3 Å². The average Bonchev–Trinajstić information content (AvgIpc) is 3.65. The zero-order valence-electron chi connectivity index (χ0n) is 21.4. The van der Waals surface area contributed by atoms with Crippen LogP contribution < -0.4 is 15.8 Å². The number of rotatable bonds is 6. The second-order valence-corrected chi connectivity index (χ2v) is 11.2. The molecule has 3 N–H and O–H groups in total. The second-order valence-electron chi connectivity index (χ2n) is 9.20. The average molecular weight is 553 g/mol. The standard InChI is InChI=1S/C30H24N4O3S2/c1-16-10-25(39-26(16)14-35)19-13-32-29(31)27-20(15-38-28(19)27)17-8-9-21(24(12-17)37-3)33-30(36)23-11-18-6-4-5-7-22(18)34(23)2/h4-15H,1-3H3,(H2,31,32)(H,33,36). The number of methoxy groups -OCH3 is 1. The highest BCUT2D eigenvalue weighted by Gasteiger charge is 2.19. The van der Waals surface area contributed by atoms with E-state index in [9.17, 15) is 9.59 Å². The molecule has 0 saturated carbocycles. The van der Waals surface area contributed by atoms with Gasteiger partial charge >= 0.3 is 0 Å². The van der Waals surface area contributed by atoms with Crippen molar-refractivity contribution in [2.24, 2.45) is 7.05 Å². The number of carbonyl (C=O) groups excluding carboxylic acids is 2. The molecule has 4 heterocycles. The van der Waals surface area contributed by atoms with Crippen molar-refractivity contribution in [3.05, 3.63) is 82.3 Å². The van der Waals surface area contributed by atoms with Crippen molar-refractivity contribution in [3.63, 3.8) is 0 Å². The summed E-state index contributed by atoms with van der Waals surface area (Å²) in [7, 11) is 3.46. The minimum Gasteiger partial charge on any atom is -0.495 e. The van der Waals surface area contributed by atoms with Crippen LogP contribution in [0.25, 0.3) is 42.6 Å². The number of hydrogen-bond acceptors (Lipinski definition) is 7. The van der Waals surface area contributed by atoms with Gasteiger partial charge in [0.05, 0.1) is 17.7 Å². The third-order valence-electron chi connectivity index (χ3n) is 6.90. The Hall–Kier alpha value is -4.47. The van der Waals surface area contributed by atoms with E-state index < -0.39 is 0 Å². The molecule has 9 heteroatoms. The number of ether oxygens (including phenoxy) is 1. The third-order valence-corrected chi connectivity index (χ3v) is 9.11. The van der Waals surface area contributed by atoms with Gasteiger partial charge in [-0.25, -0.2) is 4.98 Å². The summed E-state index contributed by atoms with van der Waals surface area (Å²) in [5.74, 6) is 0.743. The number of nitrogens with one attached hydrogen (secondary N) is 1. The zero-order valence-corrected chi connectivity index (χ0v) is 23.1. The number of aldehydes is 1. The fourth-order valence-electron chi connectivity index (χ4n) is 4.86. The molecule has 0 spiro atoms. The van der Waals surface area contributed by atoms with Crippen LogP contribution in [0.5, 0.6) is 5.75 Å². The van der Waals surface area contributed by atoms with Crippen LogP contribution in [0.15, 0.2) is 66.2 Å². The summed E-state index contributed by atoms with van der Waals surface area (Å²) >= 11 is 3.03. The van der Waals surface area contributed by atoms with E-state index in [2.05, 4.69) is 15.7 Å². The Balaban J connectivity index is 1.37. The number of benzene rings is 2. The minimum atomic E-state index is -0.222. The molecule has 0 radical (unpaired) electrons. The minimum absolute atomic E-state index is 0.222. The highest BCUT2D eigenvalue weighted by Crippen LogP contribution is 2.44. The molecule has 0 saturated heterocycles. The number of pyridine rings is 1. The van der Waals surface area contributed by atoms with E-state index in [1.807, 2.05) is 73.1 Å². The molecule has 0 unspecified atom stereocenters. The number of aromatic nitrogens is 2. The first-order valence-electron chi connectivity index (χ1n) is 12.2. The molecule has 0 atom stereocenters. The van der Waals surface area contributed by atoms with Crippen LogP contribution in [-0.4, -0.2) is 28.9 Å². The first-order valence-corrected chi connectivity index (χ1v) is 13.8. The summed E-state index contributed by atoms with van der Waals surface area (Å²) in [5.41, 5.74) is 12.2. The number of nitrogens with two attached hydrogens (primary N) is 1. The van der Waals surface area contributed by atoms with E-state index >= 15 is 0 Å². The molecular formula is C30H24N4O3S2. The molecule has 0 aliphatic carbocycles. The summed E-state index contributed by atoms with van der Waals surface area (Å²) in [6, 6.07) is 17.4. The lowest BCUT2D eigenvalue weighted by atomic mass is 10.0. The third kappa shape index (κ3) is 4.16. The molecule has 2 aromatic carbocycles. The number of fused-ring (bicyclic) bond motifs is 2. The molecule has 194 valence electrons.